The van der Waals surface area contributed by atoms with E-state index in [0.29, 0.717) is 51.6 Å². The number of allylic oxidation sites excluding steroid dienone is 9. The van der Waals surface area contributed by atoms with Gasteiger partial charge in [-0.05, 0) is 75.5 Å². The van der Waals surface area contributed by atoms with Gasteiger partial charge < -0.3 is 39.0 Å². The molecule has 0 fully saturated rings. The standard InChI is InChI=1S/C52H93N2O12PS.C18H36O2/c1-9-11-12-13-14-15-16-17-18-19-20-21-22-23-24-29-50(56)63-33-26-34-65-67(58,59)66-35-32-53-51(57)64-41-40-61-37-36-60-38-39-62-42-43-68-54-49(55)44-47(6)28-25-27-46(5)30-31-48(45(3)4)52(7,8)10-2;1-2-3-4-5-6-7-8-9-10-11-12-13-14-15-16-17-18(19)20/h25,27-28,30-31,44H,9-24,26,29,32-43H2,1-8H3,(H,53,57)(H,54,55)(H,58,59);2-17H2,1H3,(H,19,20)/b28-25+,31-30+,46-27+,47-44+;. The molecule has 88 heavy (non-hydrogen) atoms. The quantitative estimate of drug-likeness (QED) is 0.0111. The number of carbonyl (C=O) groups is 4. The zero-order chi connectivity index (χ0) is 65.5. The number of phosphoric ester groups is 1. The highest BCUT2D eigenvalue weighted by Gasteiger charge is 2.21. The Morgan fingerprint density at radius 2 is 0.943 bits per heavy atom. The van der Waals surface area contributed by atoms with Crippen molar-refractivity contribution in [2.45, 2.75) is 281 Å². The number of carbonyl (C=O) groups excluding carboxylic acids is 3. The molecule has 4 N–H and O–H groups in total. The van der Waals surface area contributed by atoms with Crippen molar-refractivity contribution in [3.05, 3.63) is 58.7 Å². The predicted molar refractivity (Wildman–Crippen MR) is 365 cm³/mol. The number of alkyl carbamates (subject to hydrolysis) is 1. The van der Waals surface area contributed by atoms with E-state index in [1.54, 1.807) is 6.08 Å². The Hall–Kier alpha value is -3.28. The summed E-state index contributed by atoms with van der Waals surface area (Å²) in [6.07, 6.45) is 51.9. The number of ether oxygens (including phenoxy) is 5. The summed E-state index contributed by atoms with van der Waals surface area (Å²) in [5, 5.41) is 10.9. The van der Waals surface area contributed by atoms with Crippen LogP contribution in [-0.2, 0) is 51.7 Å². The first-order chi connectivity index (χ1) is 42.4. The largest absolute Gasteiger partial charge is 0.481 e. The summed E-state index contributed by atoms with van der Waals surface area (Å²) in [4.78, 5) is 56.3. The lowest BCUT2D eigenvalue weighted by Gasteiger charge is -2.26. The summed E-state index contributed by atoms with van der Waals surface area (Å²) < 4.78 is 51.2. The Balaban J connectivity index is 0. The van der Waals surface area contributed by atoms with Gasteiger partial charge in [0.2, 0.25) is 0 Å². The zero-order valence-corrected chi connectivity index (χ0v) is 58.9. The molecule has 0 heterocycles. The molecule has 0 aliphatic carbocycles. The molecule has 514 valence electrons. The summed E-state index contributed by atoms with van der Waals surface area (Å²) in [5.41, 5.74) is 4.78. The summed E-state index contributed by atoms with van der Waals surface area (Å²) in [6.45, 7) is 21.2. The predicted octanol–water partition coefficient (Wildman–Crippen LogP) is 19.0. The van der Waals surface area contributed by atoms with Crippen LogP contribution in [-0.4, -0.2) is 112 Å². The van der Waals surface area contributed by atoms with E-state index in [9.17, 15) is 28.6 Å². The van der Waals surface area contributed by atoms with Gasteiger partial charge in [0.15, 0.2) is 0 Å². The number of carboxylic acid groups (broad SMARTS) is 1. The Labute approximate surface area is 540 Å². The minimum absolute atomic E-state index is 0.00638. The smallest absolute Gasteiger partial charge is 0.472 e. The molecular weight excluding hydrogens is 1160 g/mol. The van der Waals surface area contributed by atoms with Crippen LogP contribution in [0.4, 0.5) is 4.79 Å². The van der Waals surface area contributed by atoms with Crippen LogP contribution in [0, 0.1) is 5.41 Å². The van der Waals surface area contributed by atoms with Crippen LogP contribution in [0.1, 0.15) is 281 Å². The molecule has 0 radical (unpaired) electrons. The highest BCUT2D eigenvalue weighted by Crippen LogP contribution is 2.43. The number of aliphatic carboxylic acids is 1. The molecule has 0 aliphatic rings. The third-order valence-corrected chi connectivity index (χ3v) is 16.6. The van der Waals surface area contributed by atoms with Crippen molar-refractivity contribution in [1.82, 2.24) is 10.0 Å². The van der Waals surface area contributed by atoms with Crippen molar-refractivity contribution in [3.8, 4) is 0 Å². The monoisotopic (exact) mass is 1280 g/mol. The molecule has 0 aromatic carbocycles. The summed E-state index contributed by atoms with van der Waals surface area (Å²) >= 11 is 1.28. The molecule has 0 bridgehead atoms. The molecule has 16 nitrogen and oxygen atoms in total. The van der Waals surface area contributed by atoms with E-state index in [-0.39, 0.29) is 63.3 Å². The van der Waals surface area contributed by atoms with Gasteiger partial charge in [0.1, 0.15) is 6.61 Å². The highest BCUT2D eigenvalue weighted by molar-refractivity contribution is 7.97. The minimum Gasteiger partial charge on any atom is -0.481 e. The van der Waals surface area contributed by atoms with E-state index in [1.165, 1.54) is 184 Å². The topological polar surface area (TPSA) is 214 Å². The fourth-order valence-electron chi connectivity index (χ4n) is 9.31. The maximum absolute atomic E-state index is 12.2. The Morgan fingerprint density at radius 1 is 0.500 bits per heavy atom. The third-order valence-electron chi connectivity index (χ3n) is 14.9. The number of hydrogen-bond donors (Lipinski definition) is 4. The maximum atomic E-state index is 12.2. The Bertz CT molecular complexity index is 1900. The van der Waals surface area contributed by atoms with Crippen LogP contribution in [0.2, 0.25) is 0 Å². The van der Waals surface area contributed by atoms with E-state index in [2.05, 4.69) is 77.6 Å². The third kappa shape index (κ3) is 64.3. The van der Waals surface area contributed by atoms with Crippen molar-refractivity contribution >= 4 is 43.7 Å². The van der Waals surface area contributed by atoms with Gasteiger partial charge in [-0.1, -0.05) is 256 Å². The first-order valence-electron chi connectivity index (χ1n) is 34.3. The molecule has 0 aliphatic heterocycles. The van der Waals surface area contributed by atoms with Gasteiger partial charge in [-0.3, -0.25) is 28.2 Å². The minimum atomic E-state index is -4.33. The average molecular weight is 1290 g/mol. The summed E-state index contributed by atoms with van der Waals surface area (Å²) in [5.74, 6) is -0.520. The van der Waals surface area contributed by atoms with E-state index in [0.717, 1.165) is 49.7 Å². The van der Waals surface area contributed by atoms with Gasteiger partial charge in [0.05, 0.1) is 59.5 Å². The molecule has 0 aromatic rings. The number of nitrogens with one attached hydrogen (secondary N) is 2. The molecule has 2 amide bonds. The van der Waals surface area contributed by atoms with Crippen LogP contribution in [0.3, 0.4) is 0 Å². The van der Waals surface area contributed by atoms with E-state index >= 15 is 0 Å². The van der Waals surface area contributed by atoms with E-state index in [1.807, 2.05) is 25.2 Å². The fourth-order valence-corrected chi connectivity index (χ4v) is 10.6. The molecule has 0 spiro atoms. The molecule has 0 aromatic heterocycles. The van der Waals surface area contributed by atoms with Crippen LogP contribution in [0.15, 0.2) is 58.7 Å². The average Bonchev–Trinajstić information content (AvgIpc) is 3.63. The van der Waals surface area contributed by atoms with Crippen molar-refractivity contribution in [1.29, 1.82) is 0 Å². The number of carboxylic acids is 1. The lowest BCUT2D eigenvalue weighted by atomic mass is 9.79. The first-order valence-corrected chi connectivity index (χ1v) is 36.8. The second kappa shape index (κ2) is 63.9. The van der Waals surface area contributed by atoms with E-state index in [4.69, 9.17) is 37.8 Å². The SMILES string of the molecule is CCCCCCCCCCCCCCCCCC(=O)O.CCCCCCCCCCCCCCCCCC(=O)OCCCOP(=O)(O)OCCNC(=O)OCCOCCOCCOCCSNC(=O)/C=C(C)/C=C/C=C(C)/C=C/C(=C(C)C)C(C)(C)CC. The first kappa shape index (κ1) is 86.8. The molecule has 18 heteroatoms. The van der Waals surface area contributed by atoms with Crippen molar-refractivity contribution in [3.63, 3.8) is 0 Å². The highest BCUT2D eigenvalue weighted by atomic mass is 32.2. The van der Waals surface area contributed by atoms with Gasteiger partial charge in [-0.25, -0.2) is 9.36 Å². The number of phosphoric acid groups is 1. The maximum Gasteiger partial charge on any atom is 0.472 e. The number of hydrogen-bond acceptors (Lipinski definition) is 13. The molecule has 1 unspecified atom stereocenters. The molecule has 1 atom stereocenters. The van der Waals surface area contributed by atoms with Crippen LogP contribution >= 0.6 is 19.8 Å². The number of rotatable bonds is 61. The van der Waals surface area contributed by atoms with Crippen LogP contribution < -0.4 is 10.0 Å². The van der Waals surface area contributed by atoms with Gasteiger partial charge in [-0.15, -0.1) is 0 Å². The molecule has 0 saturated heterocycles. The van der Waals surface area contributed by atoms with Gasteiger partial charge in [0, 0.05) is 37.6 Å². The summed E-state index contributed by atoms with van der Waals surface area (Å²) in [7, 11) is -4.33. The second-order valence-electron chi connectivity index (χ2n) is 23.9. The normalized spacial score (nSPS) is 12.7. The number of amides is 2. The van der Waals surface area contributed by atoms with Crippen molar-refractivity contribution in [2.24, 2.45) is 5.41 Å². The van der Waals surface area contributed by atoms with Gasteiger partial charge in [-0.2, -0.15) is 0 Å². The van der Waals surface area contributed by atoms with Gasteiger partial charge in [0.25, 0.3) is 5.91 Å². The van der Waals surface area contributed by atoms with Gasteiger partial charge >= 0.3 is 25.9 Å². The number of esters is 1. The van der Waals surface area contributed by atoms with Crippen molar-refractivity contribution in [2.75, 3.05) is 78.4 Å². The van der Waals surface area contributed by atoms with Crippen molar-refractivity contribution < 1.29 is 66.5 Å². The fraction of sp³-hybridized carbons (Fsp3) is 0.800. The molecular formula is C70H129N2O14PS. The molecule has 0 saturated carbocycles. The number of unbranched alkanes of at least 4 members (excludes halogenated alkanes) is 28. The summed E-state index contributed by atoms with van der Waals surface area (Å²) in [6, 6.07) is 0. The molecule has 0 rings (SSSR count). The zero-order valence-electron chi connectivity index (χ0n) is 57.1. The van der Waals surface area contributed by atoms with E-state index < -0.39 is 19.9 Å². The second-order valence-corrected chi connectivity index (χ2v) is 26.2. The Kier molecular flexibility index (Phi) is 63.0. The van der Waals surface area contributed by atoms with Crippen LogP contribution in [0.25, 0.3) is 0 Å². The lowest BCUT2D eigenvalue weighted by Crippen LogP contribution is -2.29. The Morgan fingerprint density at radius 3 is 1.41 bits per heavy atom. The lowest BCUT2D eigenvalue weighted by molar-refractivity contribution is -0.144. The van der Waals surface area contributed by atoms with Crippen LogP contribution in [0.5, 0.6) is 0 Å².